The molecule has 3 amide bonds. The molecule has 9 nitrogen and oxygen atoms in total. The lowest BCUT2D eigenvalue weighted by atomic mass is 9.84. The predicted molar refractivity (Wildman–Crippen MR) is 123 cm³/mol. The lowest BCUT2D eigenvalue weighted by Crippen LogP contribution is -2.40. The van der Waals surface area contributed by atoms with Gasteiger partial charge in [-0.1, -0.05) is 12.8 Å². The van der Waals surface area contributed by atoms with E-state index in [1.807, 2.05) is 19.9 Å². The summed E-state index contributed by atoms with van der Waals surface area (Å²) >= 11 is 0. The number of rotatable bonds is 8. The summed E-state index contributed by atoms with van der Waals surface area (Å²) in [7, 11) is 0. The van der Waals surface area contributed by atoms with Crippen molar-refractivity contribution in [2.75, 3.05) is 56.3 Å². The van der Waals surface area contributed by atoms with Crippen LogP contribution in [0.5, 0.6) is 11.5 Å². The van der Waals surface area contributed by atoms with Crippen LogP contribution in [-0.4, -0.2) is 68.7 Å². The van der Waals surface area contributed by atoms with Crippen LogP contribution in [0.15, 0.2) is 12.1 Å². The van der Waals surface area contributed by atoms with Crippen molar-refractivity contribution in [3.63, 3.8) is 0 Å². The Hall–Kier alpha value is -2.81. The normalized spacial score (nSPS) is 19.9. The van der Waals surface area contributed by atoms with Crippen LogP contribution in [0.4, 0.5) is 11.4 Å². The molecule has 0 radical (unpaired) electrons. The van der Waals surface area contributed by atoms with Crippen LogP contribution < -0.4 is 19.7 Å². The van der Waals surface area contributed by atoms with Crippen LogP contribution in [0.2, 0.25) is 0 Å². The van der Waals surface area contributed by atoms with Crippen molar-refractivity contribution in [1.29, 1.82) is 0 Å². The lowest BCUT2D eigenvalue weighted by molar-refractivity contribution is -0.143. The van der Waals surface area contributed by atoms with Gasteiger partial charge < -0.3 is 24.4 Å². The third kappa shape index (κ3) is 4.78. The third-order valence-electron chi connectivity index (χ3n) is 6.64. The van der Waals surface area contributed by atoms with Crippen molar-refractivity contribution in [3.05, 3.63) is 12.1 Å². The molecule has 1 saturated carbocycles. The predicted octanol–water partition coefficient (Wildman–Crippen LogP) is 2.58. The smallest absolute Gasteiger partial charge is 0.244 e. The zero-order valence-electron chi connectivity index (χ0n) is 19.5. The number of nitrogens with zero attached hydrogens (tertiary/aromatic N) is 2. The van der Waals surface area contributed by atoms with Gasteiger partial charge in [0.25, 0.3) is 0 Å². The molecule has 1 aromatic carbocycles. The van der Waals surface area contributed by atoms with Gasteiger partial charge in [0.15, 0.2) is 0 Å². The van der Waals surface area contributed by atoms with Crippen LogP contribution in [-0.2, 0) is 19.1 Å². The second kappa shape index (κ2) is 9.99. The Labute approximate surface area is 194 Å². The number of hydrogen-bond acceptors (Lipinski definition) is 7. The summed E-state index contributed by atoms with van der Waals surface area (Å²) in [5, 5.41) is 2.84. The fourth-order valence-corrected chi connectivity index (χ4v) is 5.04. The van der Waals surface area contributed by atoms with Gasteiger partial charge in [-0.25, -0.2) is 0 Å². The summed E-state index contributed by atoms with van der Waals surface area (Å²) in [5.74, 6) is 0.246. The maximum absolute atomic E-state index is 12.9. The first-order chi connectivity index (χ1) is 16.0. The Bertz CT molecular complexity index is 906. The molecule has 1 spiro atoms. The first kappa shape index (κ1) is 23.4. The van der Waals surface area contributed by atoms with Gasteiger partial charge >= 0.3 is 0 Å². The Morgan fingerprint density at radius 2 is 1.73 bits per heavy atom. The van der Waals surface area contributed by atoms with Crippen LogP contribution >= 0.6 is 0 Å². The molecule has 0 unspecified atom stereocenters. The average molecular weight is 460 g/mol. The quantitative estimate of drug-likeness (QED) is 0.597. The Morgan fingerprint density at radius 1 is 1.06 bits per heavy atom. The first-order valence-corrected chi connectivity index (χ1v) is 11.9. The van der Waals surface area contributed by atoms with E-state index in [-0.39, 0.29) is 24.8 Å². The van der Waals surface area contributed by atoms with Gasteiger partial charge in [-0.3, -0.25) is 19.3 Å². The zero-order valence-corrected chi connectivity index (χ0v) is 19.5. The minimum absolute atomic E-state index is 0.206. The molecular weight excluding hydrogens is 426 g/mol. The van der Waals surface area contributed by atoms with Crippen molar-refractivity contribution in [2.45, 2.75) is 46.0 Å². The largest absolute Gasteiger partial charge is 0.492 e. The molecule has 2 heterocycles. The fraction of sp³-hybridized carbons (Fsp3) is 0.625. The standard InChI is InChI=1S/C24H33N3O6/c1-3-32-19-14-18(26-9-11-31-12-10-26)20(33-4-2)13-17(19)25-21(28)16-27-22(29)15-24(23(27)30)7-5-6-8-24/h13-14H,3-12,15-16H2,1-2H3,(H,25,28). The summed E-state index contributed by atoms with van der Waals surface area (Å²) < 4.78 is 17.1. The van der Waals surface area contributed by atoms with E-state index in [2.05, 4.69) is 10.2 Å². The van der Waals surface area contributed by atoms with Gasteiger partial charge in [-0.2, -0.15) is 0 Å². The monoisotopic (exact) mass is 459 g/mol. The number of amides is 3. The number of likely N-dealkylation sites (tertiary alicyclic amines) is 1. The van der Waals surface area contributed by atoms with Gasteiger partial charge in [0.1, 0.15) is 18.0 Å². The average Bonchev–Trinajstić information content (AvgIpc) is 3.37. The van der Waals surface area contributed by atoms with Crippen molar-refractivity contribution in [2.24, 2.45) is 5.41 Å². The molecule has 4 rings (SSSR count). The van der Waals surface area contributed by atoms with E-state index in [0.717, 1.165) is 49.4 Å². The highest BCUT2D eigenvalue weighted by Gasteiger charge is 2.52. The second-order valence-corrected chi connectivity index (χ2v) is 8.78. The fourth-order valence-electron chi connectivity index (χ4n) is 5.04. The number of morpholine rings is 1. The zero-order chi connectivity index (χ0) is 23.4. The summed E-state index contributed by atoms with van der Waals surface area (Å²) in [6, 6.07) is 3.62. The number of nitrogens with one attached hydrogen (secondary N) is 1. The van der Waals surface area contributed by atoms with Crippen molar-refractivity contribution in [3.8, 4) is 11.5 Å². The maximum atomic E-state index is 12.9. The minimum Gasteiger partial charge on any atom is -0.492 e. The van der Waals surface area contributed by atoms with Crippen LogP contribution in [0.25, 0.3) is 0 Å². The van der Waals surface area contributed by atoms with Crippen LogP contribution in [0, 0.1) is 5.41 Å². The Balaban J connectivity index is 1.53. The second-order valence-electron chi connectivity index (χ2n) is 8.78. The van der Waals surface area contributed by atoms with E-state index in [9.17, 15) is 14.4 Å². The SMILES string of the molecule is CCOc1cc(N2CCOCC2)c(OCC)cc1NC(=O)CN1C(=O)CC2(CCCC2)C1=O. The summed E-state index contributed by atoms with van der Waals surface area (Å²) in [5.41, 5.74) is 0.752. The van der Waals surface area contributed by atoms with Crippen LogP contribution in [0.1, 0.15) is 46.0 Å². The number of imide groups is 1. The van der Waals surface area contributed by atoms with E-state index in [1.165, 1.54) is 0 Å². The van der Waals surface area contributed by atoms with Gasteiger partial charge in [0.2, 0.25) is 17.7 Å². The summed E-state index contributed by atoms with van der Waals surface area (Å²) in [4.78, 5) is 41.6. The van der Waals surface area contributed by atoms with E-state index in [0.29, 0.717) is 43.6 Å². The molecule has 3 fully saturated rings. The highest BCUT2D eigenvalue weighted by molar-refractivity contribution is 6.09. The molecule has 0 atom stereocenters. The molecule has 180 valence electrons. The molecule has 1 aliphatic carbocycles. The van der Waals surface area contributed by atoms with E-state index < -0.39 is 11.3 Å². The summed E-state index contributed by atoms with van der Waals surface area (Å²) in [6.45, 7) is 7.11. The van der Waals surface area contributed by atoms with Gasteiger partial charge in [-0.15, -0.1) is 0 Å². The molecule has 1 aromatic rings. The molecule has 0 bridgehead atoms. The van der Waals surface area contributed by atoms with Gasteiger partial charge in [0.05, 0.1) is 43.2 Å². The summed E-state index contributed by atoms with van der Waals surface area (Å²) in [6.07, 6.45) is 3.57. The molecule has 2 aliphatic heterocycles. The maximum Gasteiger partial charge on any atom is 0.244 e. The Kier molecular flexibility index (Phi) is 7.07. The number of carbonyl (C=O) groups is 3. The number of anilines is 2. The van der Waals surface area contributed by atoms with Gasteiger partial charge in [-0.05, 0) is 26.7 Å². The van der Waals surface area contributed by atoms with Gasteiger partial charge in [0, 0.05) is 31.6 Å². The van der Waals surface area contributed by atoms with Crippen LogP contribution in [0.3, 0.4) is 0 Å². The highest BCUT2D eigenvalue weighted by atomic mass is 16.5. The van der Waals surface area contributed by atoms with Crippen molar-refractivity contribution < 1.29 is 28.6 Å². The number of carbonyl (C=O) groups excluding carboxylic acids is 3. The van der Waals surface area contributed by atoms with E-state index >= 15 is 0 Å². The van der Waals surface area contributed by atoms with Crippen molar-refractivity contribution in [1.82, 2.24) is 4.90 Å². The Morgan fingerprint density at radius 3 is 2.39 bits per heavy atom. The topological polar surface area (TPSA) is 97.4 Å². The number of benzene rings is 1. The minimum atomic E-state index is -0.588. The molecular formula is C24H33N3O6. The van der Waals surface area contributed by atoms with Crippen molar-refractivity contribution >= 4 is 29.1 Å². The molecule has 3 aliphatic rings. The number of ether oxygens (including phenoxy) is 3. The first-order valence-electron chi connectivity index (χ1n) is 11.9. The van der Waals surface area contributed by atoms with E-state index in [4.69, 9.17) is 14.2 Å². The highest BCUT2D eigenvalue weighted by Crippen LogP contribution is 2.47. The molecule has 9 heteroatoms. The molecule has 33 heavy (non-hydrogen) atoms. The molecule has 2 saturated heterocycles. The molecule has 1 N–H and O–H groups in total. The number of hydrogen-bond donors (Lipinski definition) is 1. The molecule has 0 aromatic heterocycles. The van der Waals surface area contributed by atoms with E-state index in [1.54, 1.807) is 6.07 Å². The lowest BCUT2D eigenvalue weighted by Gasteiger charge is -2.31. The third-order valence-corrected chi connectivity index (χ3v) is 6.64.